The van der Waals surface area contributed by atoms with Gasteiger partial charge in [0.1, 0.15) is 0 Å². The van der Waals surface area contributed by atoms with Gasteiger partial charge in [0, 0.05) is 6.42 Å². The molecule has 0 aromatic rings. The van der Waals surface area contributed by atoms with E-state index < -0.39 is 49.5 Å². The van der Waals surface area contributed by atoms with E-state index in [1.54, 1.807) is 0 Å². The minimum atomic E-state index is -6.07. The lowest BCUT2D eigenvalue weighted by Gasteiger charge is -2.32. The fourth-order valence-electron chi connectivity index (χ4n) is 1.60. The van der Waals surface area contributed by atoms with Gasteiger partial charge in [-0.15, -0.1) is 0 Å². The van der Waals surface area contributed by atoms with Crippen LogP contribution in [0.4, 0.5) is 43.9 Å². The van der Waals surface area contributed by atoms with Crippen molar-refractivity contribution >= 4 is 0 Å². The highest BCUT2D eigenvalue weighted by Gasteiger charge is 2.73. The van der Waals surface area contributed by atoms with Crippen molar-refractivity contribution in [2.45, 2.75) is 68.8 Å². The van der Waals surface area contributed by atoms with Crippen molar-refractivity contribution in [2.75, 3.05) is 0 Å². The van der Waals surface area contributed by atoms with E-state index >= 15 is 0 Å². The molecule has 0 aliphatic heterocycles. The lowest BCUT2D eigenvalue weighted by atomic mass is 9.99. The van der Waals surface area contributed by atoms with Gasteiger partial charge in [0.05, 0.1) is 0 Å². The second kappa shape index (κ2) is 7.22. The van der Waals surface area contributed by atoms with Gasteiger partial charge in [-0.3, -0.25) is 5.73 Å². The summed E-state index contributed by atoms with van der Waals surface area (Å²) in [5.74, 6) is -11.8. The lowest BCUT2D eigenvalue weighted by Crippen LogP contribution is -2.62. The number of alkyl halides is 10. The van der Waals surface area contributed by atoms with Crippen LogP contribution in [0.25, 0.3) is 0 Å². The van der Waals surface area contributed by atoms with Gasteiger partial charge in [-0.2, -0.15) is 39.5 Å². The third-order valence-electron chi connectivity index (χ3n) is 2.90. The summed E-state index contributed by atoms with van der Waals surface area (Å²) < 4.78 is 124. The quantitative estimate of drug-likeness (QED) is 0.351. The SMILES string of the molecule is NC(F)(F)C(F)(F)C(F)(F)C(F)CCCCCCC(F)(F)F. The van der Waals surface area contributed by atoms with Crippen molar-refractivity contribution in [1.29, 1.82) is 0 Å². The average Bonchev–Trinajstić information content (AvgIpc) is 2.30. The molecule has 0 spiro atoms. The zero-order chi connectivity index (χ0) is 17.8. The van der Waals surface area contributed by atoms with Gasteiger partial charge in [0.2, 0.25) is 0 Å². The number of halogens is 10. The predicted molar refractivity (Wildman–Crippen MR) is 57.7 cm³/mol. The molecule has 1 nitrogen and oxygen atoms in total. The van der Waals surface area contributed by atoms with Crippen molar-refractivity contribution in [3.05, 3.63) is 0 Å². The largest absolute Gasteiger partial charge is 0.389 e. The van der Waals surface area contributed by atoms with E-state index in [1.807, 2.05) is 0 Å². The monoisotopic (exact) mass is 351 g/mol. The van der Waals surface area contributed by atoms with Crippen LogP contribution in [0.3, 0.4) is 0 Å². The summed E-state index contributed by atoms with van der Waals surface area (Å²) in [5, 5.41) is 0. The highest BCUT2D eigenvalue weighted by Crippen LogP contribution is 2.46. The molecule has 0 fully saturated rings. The molecule has 0 aromatic heterocycles. The van der Waals surface area contributed by atoms with Crippen LogP contribution in [-0.4, -0.2) is 30.2 Å². The number of unbranched alkanes of at least 4 members (excludes halogenated alkanes) is 3. The molecule has 134 valence electrons. The molecule has 0 aliphatic carbocycles. The Balaban J connectivity index is 4.29. The van der Waals surface area contributed by atoms with Gasteiger partial charge in [0.25, 0.3) is 0 Å². The van der Waals surface area contributed by atoms with Gasteiger partial charge < -0.3 is 0 Å². The van der Waals surface area contributed by atoms with Crippen LogP contribution in [0.5, 0.6) is 0 Å². The van der Waals surface area contributed by atoms with Crippen molar-refractivity contribution in [1.82, 2.24) is 0 Å². The molecular formula is C11H15F10N. The van der Waals surface area contributed by atoms with E-state index in [4.69, 9.17) is 0 Å². The summed E-state index contributed by atoms with van der Waals surface area (Å²) in [5.41, 5.74) is 3.64. The molecule has 1 atom stereocenters. The minimum Gasteiger partial charge on any atom is -0.267 e. The Kier molecular flexibility index (Phi) is 6.98. The molecule has 0 bridgehead atoms. The first-order chi connectivity index (χ1) is 9.63. The summed E-state index contributed by atoms with van der Waals surface area (Å²) in [6, 6.07) is -5.60. The minimum absolute atomic E-state index is 0.0821. The zero-order valence-electron chi connectivity index (χ0n) is 11.2. The highest BCUT2D eigenvalue weighted by atomic mass is 19.4. The van der Waals surface area contributed by atoms with Gasteiger partial charge in [-0.05, 0) is 12.8 Å². The van der Waals surface area contributed by atoms with E-state index in [9.17, 15) is 43.9 Å². The van der Waals surface area contributed by atoms with Crippen molar-refractivity contribution in [3.63, 3.8) is 0 Å². The van der Waals surface area contributed by atoms with E-state index in [-0.39, 0.29) is 19.3 Å². The van der Waals surface area contributed by atoms with Crippen LogP contribution in [0.2, 0.25) is 0 Å². The summed E-state index contributed by atoms with van der Waals surface area (Å²) >= 11 is 0. The Morgan fingerprint density at radius 1 is 0.727 bits per heavy atom. The Morgan fingerprint density at radius 3 is 1.59 bits per heavy atom. The first kappa shape index (κ1) is 21.3. The Hall–Kier alpha value is -0.740. The predicted octanol–water partition coefficient (Wildman–Crippen LogP) is 5.05. The third kappa shape index (κ3) is 5.81. The van der Waals surface area contributed by atoms with Crippen LogP contribution in [0, 0.1) is 0 Å². The molecule has 0 amide bonds. The van der Waals surface area contributed by atoms with Crippen LogP contribution < -0.4 is 5.73 Å². The summed E-state index contributed by atoms with van der Waals surface area (Å²) in [6.07, 6.45) is -11.2. The van der Waals surface area contributed by atoms with Crippen LogP contribution in [0.1, 0.15) is 38.5 Å². The van der Waals surface area contributed by atoms with Crippen LogP contribution >= 0.6 is 0 Å². The lowest BCUT2D eigenvalue weighted by molar-refractivity contribution is -0.323. The van der Waals surface area contributed by atoms with Gasteiger partial charge >= 0.3 is 24.1 Å². The van der Waals surface area contributed by atoms with E-state index in [0.29, 0.717) is 0 Å². The molecule has 0 rings (SSSR count). The second-order valence-corrected chi connectivity index (χ2v) is 4.86. The maximum Gasteiger partial charge on any atom is 0.389 e. The van der Waals surface area contributed by atoms with E-state index in [2.05, 4.69) is 5.73 Å². The molecule has 1 unspecified atom stereocenters. The van der Waals surface area contributed by atoms with Crippen molar-refractivity contribution < 1.29 is 43.9 Å². The topological polar surface area (TPSA) is 26.0 Å². The van der Waals surface area contributed by atoms with Crippen molar-refractivity contribution in [3.8, 4) is 0 Å². The first-order valence-corrected chi connectivity index (χ1v) is 6.26. The number of nitrogens with two attached hydrogens (primary N) is 1. The smallest absolute Gasteiger partial charge is 0.267 e. The van der Waals surface area contributed by atoms with Gasteiger partial charge in [-0.1, -0.05) is 19.3 Å². The molecule has 2 N–H and O–H groups in total. The molecule has 0 aromatic carbocycles. The van der Waals surface area contributed by atoms with Gasteiger partial charge in [0.15, 0.2) is 6.17 Å². The summed E-state index contributed by atoms with van der Waals surface area (Å²) in [6.45, 7) is 0. The Bertz CT molecular complexity index is 333. The van der Waals surface area contributed by atoms with Crippen LogP contribution in [0.15, 0.2) is 0 Å². The van der Waals surface area contributed by atoms with E-state index in [1.165, 1.54) is 0 Å². The Morgan fingerprint density at radius 2 is 1.18 bits per heavy atom. The van der Waals surface area contributed by atoms with E-state index in [0.717, 1.165) is 0 Å². The molecule has 0 saturated carbocycles. The fourth-order valence-corrected chi connectivity index (χ4v) is 1.60. The number of hydrogen-bond donors (Lipinski definition) is 1. The maximum atomic E-state index is 13.1. The normalized spacial score (nSPS) is 16.0. The molecule has 0 saturated heterocycles. The highest BCUT2D eigenvalue weighted by molar-refractivity contribution is 4.97. The summed E-state index contributed by atoms with van der Waals surface area (Å²) in [4.78, 5) is 0. The Labute approximate surface area is 119 Å². The van der Waals surface area contributed by atoms with Crippen LogP contribution in [-0.2, 0) is 0 Å². The summed E-state index contributed by atoms with van der Waals surface area (Å²) in [7, 11) is 0. The number of hydrogen-bond acceptors (Lipinski definition) is 1. The van der Waals surface area contributed by atoms with Crippen molar-refractivity contribution in [2.24, 2.45) is 5.73 Å². The fraction of sp³-hybridized carbons (Fsp3) is 1.00. The standard InChI is InChI=1S/C11H15F10N/c12-7(5-3-1-2-4-6-8(13,14)15)9(16,17)10(18,19)11(20,21)22/h7H,1-6,22H2. The maximum absolute atomic E-state index is 13.1. The molecule has 0 heterocycles. The first-order valence-electron chi connectivity index (χ1n) is 6.26. The second-order valence-electron chi connectivity index (χ2n) is 4.86. The molecule has 0 aliphatic rings. The molecule has 0 radical (unpaired) electrons. The molecular weight excluding hydrogens is 336 g/mol. The van der Waals surface area contributed by atoms with Gasteiger partial charge in [-0.25, -0.2) is 4.39 Å². The zero-order valence-corrected chi connectivity index (χ0v) is 11.2. The molecule has 22 heavy (non-hydrogen) atoms. The molecule has 11 heteroatoms. The number of rotatable bonds is 9. The third-order valence-corrected chi connectivity index (χ3v) is 2.90. The average molecular weight is 351 g/mol.